The highest BCUT2D eigenvalue weighted by Crippen LogP contribution is 2.56. The van der Waals surface area contributed by atoms with Crippen LogP contribution in [-0.4, -0.2) is 73.8 Å². The average molecular weight is 514 g/mol. The summed E-state index contributed by atoms with van der Waals surface area (Å²) in [5, 5.41) is 0. The average Bonchev–Trinajstić information content (AvgIpc) is 3.62. The standard InChI is InChI=1S/C28H35NO8/c1-26(2)8-9-28(37-26,15-22(30)33-4)25(31)36-24-21(32-3)14-27-7-5-10-29(27)11-6-17-12-19-20(35-16-34-19)13-18(17)23(24)27/h12-14,23-24H,5-11,15-16H2,1-4H3. The van der Waals surface area contributed by atoms with Gasteiger partial charge in [-0.1, -0.05) is 0 Å². The van der Waals surface area contributed by atoms with Crippen molar-refractivity contribution in [3.63, 3.8) is 0 Å². The minimum Gasteiger partial charge on any atom is -0.497 e. The predicted molar refractivity (Wildman–Crippen MR) is 131 cm³/mol. The smallest absolute Gasteiger partial charge is 0.339 e. The lowest BCUT2D eigenvalue weighted by Gasteiger charge is -2.40. The number of hydrogen-bond acceptors (Lipinski definition) is 9. The minimum atomic E-state index is -1.40. The Labute approximate surface area is 217 Å². The van der Waals surface area contributed by atoms with Gasteiger partial charge in [0.15, 0.2) is 23.2 Å². The molecule has 0 radical (unpaired) electrons. The highest BCUT2D eigenvalue weighted by Gasteiger charge is 2.60. The van der Waals surface area contributed by atoms with E-state index in [0.717, 1.165) is 49.2 Å². The molecule has 9 nitrogen and oxygen atoms in total. The Morgan fingerprint density at radius 2 is 1.86 bits per heavy atom. The van der Waals surface area contributed by atoms with E-state index < -0.39 is 29.2 Å². The summed E-state index contributed by atoms with van der Waals surface area (Å²) in [4.78, 5) is 28.8. The first-order valence-electron chi connectivity index (χ1n) is 13.1. The van der Waals surface area contributed by atoms with Crippen molar-refractivity contribution in [3.8, 4) is 11.5 Å². The lowest BCUT2D eigenvalue weighted by Crippen LogP contribution is -2.49. The van der Waals surface area contributed by atoms with E-state index in [2.05, 4.69) is 23.1 Å². The third-order valence-corrected chi connectivity index (χ3v) is 8.83. The molecule has 0 aromatic heterocycles. The molecular weight excluding hydrogens is 478 g/mol. The molecule has 0 saturated carbocycles. The number of ether oxygens (including phenoxy) is 6. The summed E-state index contributed by atoms with van der Waals surface area (Å²) in [7, 11) is 2.93. The Bertz CT molecular complexity index is 1160. The van der Waals surface area contributed by atoms with Gasteiger partial charge in [0.25, 0.3) is 0 Å². The van der Waals surface area contributed by atoms with E-state index in [1.54, 1.807) is 7.11 Å². The van der Waals surface area contributed by atoms with Gasteiger partial charge in [-0.3, -0.25) is 9.69 Å². The zero-order valence-electron chi connectivity index (χ0n) is 22.0. The maximum atomic E-state index is 14.0. The molecule has 4 heterocycles. The molecule has 0 bridgehead atoms. The number of nitrogens with zero attached hydrogens (tertiary/aromatic N) is 1. The summed E-state index contributed by atoms with van der Waals surface area (Å²) >= 11 is 0. The lowest BCUT2D eigenvalue weighted by molar-refractivity contribution is -0.188. The van der Waals surface area contributed by atoms with Gasteiger partial charge in [0, 0.05) is 6.54 Å². The second-order valence-electron chi connectivity index (χ2n) is 11.4. The van der Waals surface area contributed by atoms with E-state index in [1.807, 2.05) is 13.8 Å². The monoisotopic (exact) mass is 513 g/mol. The van der Waals surface area contributed by atoms with Crippen molar-refractivity contribution in [2.75, 3.05) is 34.1 Å². The van der Waals surface area contributed by atoms with Crippen LogP contribution in [0.1, 0.15) is 63.0 Å². The lowest BCUT2D eigenvalue weighted by atomic mass is 9.77. The molecule has 1 aliphatic carbocycles. The Morgan fingerprint density at radius 1 is 1.08 bits per heavy atom. The van der Waals surface area contributed by atoms with Crippen molar-refractivity contribution in [1.82, 2.24) is 4.90 Å². The first-order valence-corrected chi connectivity index (χ1v) is 13.1. The highest BCUT2D eigenvalue weighted by molar-refractivity contribution is 5.86. The number of carbonyl (C=O) groups excluding carboxylic acids is 2. The van der Waals surface area contributed by atoms with Crippen molar-refractivity contribution in [2.45, 2.75) is 81.1 Å². The molecule has 37 heavy (non-hydrogen) atoms. The number of methoxy groups -OCH3 is 2. The summed E-state index contributed by atoms with van der Waals surface area (Å²) in [6.45, 7) is 5.90. The van der Waals surface area contributed by atoms with Crippen LogP contribution in [-0.2, 0) is 35.0 Å². The second-order valence-corrected chi connectivity index (χ2v) is 11.4. The Kier molecular flexibility index (Phi) is 5.73. The van der Waals surface area contributed by atoms with Crippen LogP contribution in [0.3, 0.4) is 0 Å². The zero-order valence-corrected chi connectivity index (χ0v) is 22.0. The number of fused-ring (bicyclic) bond motifs is 3. The van der Waals surface area contributed by atoms with Crippen molar-refractivity contribution in [1.29, 1.82) is 0 Å². The van der Waals surface area contributed by atoms with E-state index in [1.165, 1.54) is 7.11 Å². The molecule has 2 saturated heterocycles. The van der Waals surface area contributed by atoms with Crippen LogP contribution in [0, 0.1) is 0 Å². The van der Waals surface area contributed by atoms with Gasteiger partial charge in [0.1, 0.15) is 5.76 Å². The van der Waals surface area contributed by atoms with Crippen molar-refractivity contribution in [3.05, 3.63) is 35.1 Å². The number of hydrogen-bond donors (Lipinski definition) is 0. The molecule has 1 aromatic rings. The van der Waals surface area contributed by atoms with E-state index in [9.17, 15) is 9.59 Å². The molecule has 0 amide bonds. The van der Waals surface area contributed by atoms with Crippen LogP contribution >= 0.6 is 0 Å². The number of carbonyl (C=O) groups is 2. The summed E-state index contributed by atoms with van der Waals surface area (Å²) in [6.07, 6.45) is 5.16. The van der Waals surface area contributed by atoms with E-state index in [0.29, 0.717) is 24.4 Å². The molecule has 6 rings (SSSR count). The minimum absolute atomic E-state index is 0.189. The molecule has 4 aliphatic heterocycles. The van der Waals surface area contributed by atoms with Crippen LogP contribution in [0.4, 0.5) is 0 Å². The predicted octanol–water partition coefficient (Wildman–Crippen LogP) is 3.24. The van der Waals surface area contributed by atoms with Gasteiger partial charge in [0.2, 0.25) is 6.79 Å². The van der Waals surface area contributed by atoms with E-state index in [-0.39, 0.29) is 24.7 Å². The molecular formula is C28H35NO8. The number of esters is 2. The third-order valence-electron chi connectivity index (χ3n) is 8.83. The topological polar surface area (TPSA) is 92.8 Å². The zero-order chi connectivity index (χ0) is 26.0. The molecule has 9 heteroatoms. The van der Waals surface area contributed by atoms with E-state index >= 15 is 0 Å². The summed E-state index contributed by atoms with van der Waals surface area (Å²) in [6, 6.07) is 4.12. The van der Waals surface area contributed by atoms with Gasteiger partial charge >= 0.3 is 11.9 Å². The first kappa shape index (κ1) is 24.6. The summed E-state index contributed by atoms with van der Waals surface area (Å²) < 4.78 is 34.8. The van der Waals surface area contributed by atoms with Gasteiger partial charge in [0.05, 0.1) is 37.7 Å². The molecule has 4 atom stereocenters. The van der Waals surface area contributed by atoms with Crippen LogP contribution in [0.15, 0.2) is 24.0 Å². The number of rotatable bonds is 5. The van der Waals surface area contributed by atoms with Crippen LogP contribution < -0.4 is 9.47 Å². The van der Waals surface area contributed by atoms with Gasteiger partial charge < -0.3 is 28.4 Å². The van der Waals surface area contributed by atoms with Gasteiger partial charge in [-0.2, -0.15) is 0 Å². The fourth-order valence-electron chi connectivity index (χ4n) is 7.10. The second kappa shape index (κ2) is 8.63. The van der Waals surface area contributed by atoms with E-state index in [4.69, 9.17) is 28.4 Å². The third kappa shape index (κ3) is 3.81. The molecule has 5 aliphatic rings. The fourth-order valence-corrected chi connectivity index (χ4v) is 7.10. The quantitative estimate of drug-likeness (QED) is 0.550. The van der Waals surface area contributed by atoms with Crippen molar-refractivity contribution in [2.24, 2.45) is 0 Å². The molecule has 1 spiro atoms. The Hall–Kier alpha value is -2.78. The van der Waals surface area contributed by atoms with Crippen LogP contribution in [0.2, 0.25) is 0 Å². The van der Waals surface area contributed by atoms with Crippen molar-refractivity contribution < 1.29 is 38.0 Å². The highest BCUT2D eigenvalue weighted by atomic mass is 16.7. The normalized spacial score (nSPS) is 33.1. The van der Waals surface area contributed by atoms with Gasteiger partial charge in [-0.15, -0.1) is 0 Å². The maximum absolute atomic E-state index is 14.0. The van der Waals surface area contributed by atoms with Crippen LogP contribution in [0.5, 0.6) is 11.5 Å². The maximum Gasteiger partial charge on any atom is 0.339 e. The summed E-state index contributed by atoms with van der Waals surface area (Å²) in [5.41, 5.74) is -0.0375. The van der Waals surface area contributed by atoms with Gasteiger partial charge in [-0.25, -0.2) is 4.79 Å². The molecule has 4 unspecified atom stereocenters. The first-order chi connectivity index (χ1) is 17.7. The molecule has 0 N–H and O–H groups in total. The number of benzene rings is 1. The van der Waals surface area contributed by atoms with Crippen molar-refractivity contribution >= 4 is 11.9 Å². The van der Waals surface area contributed by atoms with Crippen LogP contribution in [0.25, 0.3) is 0 Å². The fraction of sp³-hybridized carbons (Fsp3) is 0.643. The molecule has 200 valence electrons. The SMILES string of the molecule is COC(=O)CC1(C(=O)OC2C(OC)=CC34CCCN3CCc3cc5c(cc3C24)OCO5)CCC(C)(C)O1. The molecule has 1 aromatic carbocycles. The molecule has 2 fully saturated rings. The largest absolute Gasteiger partial charge is 0.497 e. The van der Waals surface area contributed by atoms with Gasteiger partial charge in [-0.05, 0) is 81.8 Å². The Morgan fingerprint density at radius 3 is 2.57 bits per heavy atom. The Balaban J connectivity index is 1.41. The summed E-state index contributed by atoms with van der Waals surface area (Å²) in [5.74, 6) is 0.838.